The third kappa shape index (κ3) is 5.40. The van der Waals surface area contributed by atoms with Crippen molar-refractivity contribution in [2.24, 2.45) is 0 Å². The molecule has 138 valence electrons. The molecule has 0 saturated carbocycles. The van der Waals surface area contributed by atoms with Gasteiger partial charge in [-0.25, -0.2) is 4.68 Å². The van der Waals surface area contributed by atoms with Crippen molar-refractivity contribution < 1.29 is 9.90 Å². The van der Waals surface area contributed by atoms with Crippen LogP contribution in [0.2, 0.25) is 0 Å². The van der Waals surface area contributed by atoms with Crippen LogP contribution >= 0.6 is 15.9 Å². The molecule has 0 aliphatic rings. The van der Waals surface area contributed by atoms with E-state index in [1.807, 2.05) is 6.92 Å². The Morgan fingerprint density at radius 1 is 1.41 bits per heavy atom. The SMILES string of the molecule is CCCCNC(=O)c1cn(Cc2cc(Br)cc(C=C(C#N)C#N)c2O)nn1. The second-order valence-electron chi connectivity index (χ2n) is 5.70. The van der Waals surface area contributed by atoms with Gasteiger partial charge in [0.2, 0.25) is 0 Å². The van der Waals surface area contributed by atoms with E-state index in [1.165, 1.54) is 17.0 Å². The Morgan fingerprint density at radius 2 is 2.15 bits per heavy atom. The molecule has 0 fully saturated rings. The minimum atomic E-state index is -0.301. The van der Waals surface area contributed by atoms with Crippen LogP contribution < -0.4 is 5.32 Å². The van der Waals surface area contributed by atoms with Crippen LogP contribution in [0.4, 0.5) is 0 Å². The first kappa shape index (κ1) is 20.1. The number of carbonyl (C=O) groups excluding carboxylic acids is 1. The number of benzene rings is 1. The van der Waals surface area contributed by atoms with E-state index in [2.05, 4.69) is 31.6 Å². The normalized spacial score (nSPS) is 9.93. The molecule has 1 aromatic heterocycles. The number of nitriles is 2. The average molecular weight is 429 g/mol. The number of phenols is 1. The number of nitrogens with zero attached hydrogens (tertiary/aromatic N) is 5. The fourth-order valence-corrected chi connectivity index (χ4v) is 2.80. The molecule has 1 amide bonds. The number of phenolic OH excluding ortho intramolecular Hbond substituents is 1. The topological polar surface area (TPSA) is 128 Å². The lowest BCUT2D eigenvalue weighted by Crippen LogP contribution is -2.24. The number of aromatic nitrogens is 3. The van der Waals surface area contributed by atoms with E-state index >= 15 is 0 Å². The van der Waals surface area contributed by atoms with Crippen molar-refractivity contribution in [1.29, 1.82) is 10.5 Å². The van der Waals surface area contributed by atoms with Gasteiger partial charge >= 0.3 is 0 Å². The molecule has 2 N–H and O–H groups in total. The minimum Gasteiger partial charge on any atom is -0.507 e. The van der Waals surface area contributed by atoms with Crippen LogP contribution in [-0.2, 0) is 6.54 Å². The Bertz CT molecular complexity index is 936. The van der Waals surface area contributed by atoms with Gasteiger partial charge in [0.1, 0.15) is 23.5 Å². The van der Waals surface area contributed by atoms with Gasteiger partial charge in [0, 0.05) is 22.1 Å². The van der Waals surface area contributed by atoms with E-state index in [-0.39, 0.29) is 29.5 Å². The summed E-state index contributed by atoms with van der Waals surface area (Å²) in [6, 6.07) is 6.80. The molecule has 8 nitrogen and oxygen atoms in total. The van der Waals surface area contributed by atoms with Crippen LogP contribution in [-0.4, -0.2) is 32.6 Å². The van der Waals surface area contributed by atoms with Crippen molar-refractivity contribution >= 4 is 27.9 Å². The summed E-state index contributed by atoms with van der Waals surface area (Å²) in [5, 5.41) is 38.8. The lowest BCUT2D eigenvalue weighted by atomic mass is 10.1. The fourth-order valence-electron chi connectivity index (χ4n) is 2.28. The summed E-state index contributed by atoms with van der Waals surface area (Å²) >= 11 is 3.34. The van der Waals surface area contributed by atoms with E-state index in [9.17, 15) is 9.90 Å². The second kappa shape index (κ2) is 9.51. The first-order valence-electron chi connectivity index (χ1n) is 8.20. The van der Waals surface area contributed by atoms with E-state index in [0.29, 0.717) is 22.1 Å². The number of rotatable bonds is 7. The van der Waals surface area contributed by atoms with E-state index in [1.54, 1.807) is 24.3 Å². The molecule has 2 aromatic rings. The van der Waals surface area contributed by atoms with Gasteiger partial charge in [-0.1, -0.05) is 34.5 Å². The number of amides is 1. The van der Waals surface area contributed by atoms with Gasteiger partial charge in [-0.2, -0.15) is 10.5 Å². The van der Waals surface area contributed by atoms with Crippen LogP contribution in [0, 0.1) is 22.7 Å². The molecule has 2 rings (SSSR count). The van der Waals surface area contributed by atoms with Crippen molar-refractivity contribution in [3.8, 4) is 17.9 Å². The van der Waals surface area contributed by atoms with Gasteiger partial charge in [-0.3, -0.25) is 4.79 Å². The third-order valence-corrected chi connectivity index (χ3v) is 4.10. The monoisotopic (exact) mass is 428 g/mol. The average Bonchev–Trinajstić information content (AvgIpc) is 3.12. The van der Waals surface area contributed by atoms with Crippen molar-refractivity contribution in [3.05, 3.63) is 45.2 Å². The number of hydrogen-bond donors (Lipinski definition) is 2. The van der Waals surface area contributed by atoms with Crippen molar-refractivity contribution in [2.75, 3.05) is 6.54 Å². The maximum atomic E-state index is 12.0. The molecule has 0 atom stereocenters. The Balaban J connectivity index is 2.22. The fraction of sp³-hybridized carbons (Fsp3) is 0.278. The number of nitrogens with one attached hydrogen (secondary N) is 1. The number of halogens is 1. The lowest BCUT2D eigenvalue weighted by molar-refractivity contribution is 0.0948. The molecule has 0 saturated heterocycles. The molecule has 0 spiro atoms. The highest BCUT2D eigenvalue weighted by Gasteiger charge is 2.13. The molecule has 0 aliphatic carbocycles. The smallest absolute Gasteiger partial charge is 0.273 e. The van der Waals surface area contributed by atoms with Gasteiger partial charge in [-0.15, -0.1) is 5.10 Å². The van der Waals surface area contributed by atoms with Crippen LogP contribution in [0.25, 0.3) is 6.08 Å². The van der Waals surface area contributed by atoms with Crippen molar-refractivity contribution in [3.63, 3.8) is 0 Å². The summed E-state index contributed by atoms with van der Waals surface area (Å²) in [5.74, 6) is -0.380. The quantitative estimate of drug-likeness (QED) is 0.515. The molecule has 1 heterocycles. The van der Waals surface area contributed by atoms with Crippen LogP contribution in [0.1, 0.15) is 41.4 Å². The summed E-state index contributed by atoms with van der Waals surface area (Å²) in [6.45, 7) is 2.77. The van der Waals surface area contributed by atoms with Crippen LogP contribution in [0.15, 0.2) is 28.4 Å². The first-order chi connectivity index (χ1) is 13.0. The largest absolute Gasteiger partial charge is 0.507 e. The Labute approximate surface area is 164 Å². The molecule has 1 aromatic carbocycles. The predicted octanol–water partition coefficient (Wildman–Crippen LogP) is 2.75. The highest BCUT2D eigenvalue weighted by Crippen LogP contribution is 2.29. The zero-order valence-corrected chi connectivity index (χ0v) is 16.2. The third-order valence-electron chi connectivity index (χ3n) is 3.64. The van der Waals surface area contributed by atoms with Crippen molar-refractivity contribution in [1.82, 2.24) is 20.3 Å². The summed E-state index contributed by atoms with van der Waals surface area (Å²) in [4.78, 5) is 12.0. The molecule has 27 heavy (non-hydrogen) atoms. The molecular formula is C18H17BrN6O2. The van der Waals surface area contributed by atoms with E-state index in [0.717, 1.165) is 12.8 Å². The van der Waals surface area contributed by atoms with Gasteiger partial charge in [0.15, 0.2) is 5.69 Å². The standard InChI is InChI=1S/C18H17BrN6O2/c1-2-3-4-22-18(27)16-11-25(24-23-16)10-14-7-15(19)6-13(17(14)26)5-12(8-20)9-21/h5-7,11,26H,2-4,10H2,1H3,(H,22,27). The van der Waals surface area contributed by atoms with E-state index < -0.39 is 0 Å². The van der Waals surface area contributed by atoms with Gasteiger partial charge < -0.3 is 10.4 Å². The number of aromatic hydroxyl groups is 1. The number of hydrogen-bond acceptors (Lipinski definition) is 6. The summed E-state index contributed by atoms with van der Waals surface area (Å²) in [6.07, 6.45) is 4.66. The van der Waals surface area contributed by atoms with Crippen LogP contribution in [0.5, 0.6) is 5.75 Å². The zero-order chi connectivity index (χ0) is 19.8. The van der Waals surface area contributed by atoms with Gasteiger partial charge in [-0.05, 0) is 24.6 Å². The molecule has 9 heteroatoms. The number of unbranched alkanes of at least 4 members (excludes halogenated alkanes) is 1. The molecular weight excluding hydrogens is 412 g/mol. The van der Waals surface area contributed by atoms with Gasteiger partial charge in [0.05, 0.1) is 12.7 Å². The predicted molar refractivity (Wildman–Crippen MR) is 101 cm³/mol. The molecule has 0 radical (unpaired) electrons. The Kier molecular flexibility index (Phi) is 7.09. The molecule has 0 bridgehead atoms. The second-order valence-corrected chi connectivity index (χ2v) is 6.61. The first-order valence-corrected chi connectivity index (χ1v) is 8.99. The molecule has 0 unspecified atom stereocenters. The highest BCUT2D eigenvalue weighted by molar-refractivity contribution is 9.10. The Morgan fingerprint density at radius 3 is 2.81 bits per heavy atom. The summed E-state index contributed by atoms with van der Waals surface area (Å²) < 4.78 is 2.09. The van der Waals surface area contributed by atoms with Crippen molar-refractivity contribution in [2.45, 2.75) is 26.3 Å². The maximum Gasteiger partial charge on any atom is 0.273 e. The minimum absolute atomic E-state index is 0.0781. The number of carbonyl (C=O) groups is 1. The lowest BCUT2D eigenvalue weighted by Gasteiger charge is -2.08. The van der Waals surface area contributed by atoms with Crippen LogP contribution in [0.3, 0.4) is 0 Å². The van der Waals surface area contributed by atoms with E-state index in [4.69, 9.17) is 10.5 Å². The number of allylic oxidation sites excluding steroid dienone is 1. The molecule has 0 aliphatic heterocycles. The highest BCUT2D eigenvalue weighted by atomic mass is 79.9. The zero-order valence-electron chi connectivity index (χ0n) is 14.6. The summed E-state index contributed by atoms with van der Waals surface area (Å²) in [5.41, 5.74) is 0.891. The van der Waals surface area contributed by atoms with Gasteiger partial charge in [0.25, 0.3) is 5.91 Å². The Hall–Kier alpha value is -3.17. The summed E-state index contributed by atoms with van der Waals surface area (Å²) in [7, 11) is 0. The maximum absolute atomic E-state index is 12.0.